The van der Waals surface area contributed by atoms with Crippen LogP contribution in [-0.2, 0) is 11.3 Å². The SMILES string of the molecule is O=C1CCNc2ccccc2N1Cc1ccncc1. The first-order valence-corrected chi connectivity index (χ1v) is 6.37. The lowest BCUT2D eigenvalue weighted by atomic mass is 10.2. The largest absolute Gasteiger partial charge is 0.383 e. The molecule has 4 nitrogen and oxygen atoms in total. The molecule has 1 aliphatic heterocycles. The Morgan fingerprint density at radius 3 is 2.79 bits per heavy atom. The molecule has 0 radical (unpaired) electrons. The van der Waals surface area contributed by atoms with E-state index in [4.69, 9.17) is 0 Å². The van der Waals surface area contributed by atoms with Gasteiger partial charge in [0.1, 0.15) is 0 Å². The number of hydrogen-bond donors (Lipinski definition) is 1. The summed E-state index contributed by atoms with van der Waals surface area (Å²) < 4.78 is 0. The molecule has 2 aromatic rings. The van der Waals surface area contributed by atoms with Crippen molar-refractivity contribution in [1.29, 1.82) is 0 Å². The summed E-state index contributed by atoms with van der Waals surface area (Å²) >= 11 is 0. The molecule has 0 fully saturated rings. The number of carbonyl (C=O) groups excluding carboxylic acids is 1. The van der Waals surface area contributed by atoms with E-state index in [-0.39, 0.29) is 5.91 Å². The second kappa shape index (κ2) is 5.10. The fraction of sp³-hybridized carbons (Fsp3) is 0.200. The number of nitrogens with one attached hydrogen (secondary N) is 1. The van der Waals surface area contributed by atoms with Crippen molar-refractivity contribution < 1.29 is 4.79 Å². The van der Waals surface area contributed by atoms with Crippen LogP contribution in [0.1, 0.15) is 12.0 Å². The van der Waals surface area contributed by atoms with Crippen molar-refractivity contribution in [1.82, 2.24) is 4.98 Å². The Morgan fingerprint density at radius 2 is 1.95 bits per heavy atom. The summed E-state index contributed by atoms with van der Waals surface area (Å²) in [6.45, 7) is 1.27. The maximum atomic E-state index is 12.3. The molecule has 1 aromatic carbocycles. The van der Waals surface area contributed by atoms with E-state index in [0.717, 1.165) is 16.9 Å². The van der Waals surface area contributed by atoms with Crippen molar-refractivity contribution in [2.75, 3.05) is 16.8 Å². The molecule has 1 N–H and O–H groups in total. The van der Waals surface area contributed by atoms with Gasteiger partial charge in [-0.3, -0.25) is 9.78 Å². The molecule has 2 heterocycles. The molecule has 0 unspecified atom stereocenters. The fourth-order valence-electron chi connectivity index (χ4n) is 2.28. The molecule has 4 heteroatoms. The second-order valence-electron chi connectivity index (χ2n) is 4.53. The van der Waals surface area contributed by atoms with E-state index in [0.29, 0.717) is 19.5 Å². The lowest BCUT2D eigenvalue weighted by Gasteiger charge is -2.22. The topological polar surface area (TPSA) is 45.2 Å². The molecule has 3 rings (SSSR count). The molecule has 0 saturated carbocycles. The number of rotatable bonds is 2. The van der Waals surface area contributed by atoms with Gasteiger partial charge in [0.2, 0.25) is 5.91 Å². The van der Waals surface area contributed by atoms with Crippen molar-refractivity contribution in [3.05, 3.63) is 54.4 Å². The number of fused-ring (bicyclic) bond motifs is 1. The Hall–Kier alpha value is -2.36. The van der Waals surface area contributed by atoms with Gasteiger partial charge < -0.3 is 10.2 Å². The van der Waals surface area contributed by atoms with Crippen molar-refractivity contribution in [2.45, 2.75) is 13.0 Å². The van der Waals surface area contributed by atoms with Crippen molar-refractivity contribution in [3.8, 4) is 0 Å². The Kier molecular flexibility index (Phi) is 3.14. The lowest BCUT2D eigenvalue weighted by Crippen LogP contribution is -2.29. The van der Waals surface area contributed by atoms with E-state index >= 15 is 0 Å². The summed E-state index contributed by atoms with van der Waals surface area (Å²) in [5.74, 6) is 0.147. The van der Waals surface area contributed by atoms with Gasteiger partial charge in [-0.15, -0.1) is 0 Å². The van der Waals surface area contributed by atoms with Gasteiger partial charge >= 0.3 is 0 Å². The standard InChI is InChI=1S/C15H15N3O/c19-15-7-10-17-13-3-1-2-4-14(13)18(15)11-12-5-8-16-9-6-12/h1-6,8-9,17H,7,10-11H2. The summed E-state index contributed by atoms with van der Waals surface area (Å²) in [6, 6.07) is 11.8. The average molecular weight is 253 g/mol. The number of pyridine rings is 1. The Balaban J connectivity index is 1.96. The first kappa shape index (κ1) is 11.7. The van der Waals surface area contributed by atoms with Crippen LogP contribution in [0.5, 0.6) is 0 Å². The minimum atomic E-state index is 0.147. The van der Waals surface area contributed by atoms with Crippen molar-refractivity contribution in [3.63, 3.8) is 0 Å². The van der Waals surface area contributed by atoms with E-state index in [1.165, 1.54) is 0 Å². The van der Waals surface area contributed by atoms with Crippen LogP contribution in [0.4, 0.5) is 11.4 Å². The third-order valence-corrected chi connectivity index (χ3v) is 3.24. The van der Waals surface area contributed by atoms with Gasteiger partial charge in [0.25, 0.3) is 0 Å². The van der Waals surface area contributed by atoms with Gasteiger partial charge in [-0.25, -0.2) is 0 Å². The maximum absolute atomic E-state index is 12.3. The number of benzene rings is 1. The van der Waals surface area contributed by atoms with E-state index in [9.17, 15) is 4.79 Å². The zero-order chi connectivity index (χ0) is 13.1. The molecule has 0 saturated heterocycles. The van der Waals surface area contributed by atoms with Crippen LogP contribution in [0.15, 0.2) is 48.8 Å². The zero-order valence-electron chi connectivity index (χ0n) is 10.5. The van der Waals surface area contributed by atoms with Crippen LogP contribution in [-0.4, -0.2) is 17.4 Å². The highest BCUT2D eigenvalue weighted by Crippen LogP contribution is 2.29. The maximum Gasteiger partial charge on any atom is 0.229 e. The number of amides is 1. The van der Waals surface area contributed by atoms with Crippen LogP contribution in [0, 0.1) is 0 Å². The predicted molar refractivity (Wildman–Crippen MR) is 75.0 cm³/mol. The molecule has 0 spiro atoms. The molecular formula is C15H15N3O. The number of aromatic nitrogens is 1. The predicted octanol–water partition coefficient (Wildman–Crippen LogP) is 2.43. The quantitative estimate of drug-likeness (QED) is 0.894. The van der Waals surface area contributed by atoms with Gasteiger partial charge in [0.05, 0.1) is 17.9 Å². The fourth-order valence-corrected chi connectivity index (χ4v) is 2.28. The van der Waals surface area contributed by atoms with Crippen LogP contribution in [0.3, 0.4) is 0 Å². The highest BCUT2D eigenvalue weighted by molar-refractivity contribution is 5.98. The van der Waals surface area contributed by atoms with Gasteiger partial charge in [0, 0.05) is 25.4 Å². The summed E-state index contributed by atoms with van der Waals surface area (Å²) in [7, 11) is 0. The summed E-state index contributed by atoms with van der Waals surface area (Å²) in [5, 5.41) is 3.30. The molecule has 0 bridgehead atoms. The number of anilines is 2. The van der Waals surface area contributed by atoms with E-state index < -0.39 is 0 Å². The minimum absolute atomic E-state index is 0.147. The van der Waals surface area contributed by atoms with Crippen LogP contribution in [0.25, 0.3) is 0 Å². The van der Waals surface area contributed by atoms with Crippen LogP contribution in [0.2, 0.25) is 0 Å². The Bertz CT molecular complexity index is 583. The lowest BCUT2D eigenvalue weighted by molar-refractivity contribution is -0.118. The monoisotopic (exact) mass is 253 g/mol. The molecule has 0 aliphatic carbocycles. The van der Waals surface area contributed by atoms with Gasteiger partial charge in [-0.2, -0.15) is 0 Å². The van der Waals surface area contributed by atoms with Crippen molar-refractivity contribution >= 4 is 17.3 Å². The summed E-state index contributed by atoms with van der Waals surface area (Å²) in [5.41, 5.74) is 3.05. The average Bonchev–Trinajstić information content (AvgIpc) is 2.61. The minimum Gasteiger partial charge on any atom is -0.383 e. The van der Waals surface area contributed by atoms with Gasteiger partial charge in [0.15, 0.2) is 0 Å². The Morgan fingerprint density at radius 1 is 1.16 bits per heavy atom. The first-order chi connectivity index (χ1) is 9.34. The molecule has 19 heavy (non-hydrogen) atoms. The molecular weight excluding hydrogens is 238 g/mol. The third kappa shape index (κ3) is 2.42. The van der Waals surface area contributed by atoms with Gasteiger partial charge in [-0.1, -0.05) is 12.1 Å². The third-order valence-electron chi connectivity index (χ3n) is 3.24. The number of hydrogen-bond acceptors (Lipinski definition) is 3. The number of nitrogens with zero attached hydrogens (tertiary/aromatic N) is 2. The van der Waals surface area contributed by atoms with Crippen LogP contribution < -0.4 is 10.2 Å². The van der Waals surface area contributed by atoms with E-state index in [1.807, 2.05) is 41.3 Å². The highest BCUT2D eigenvalue weighted by Gasteiger charge is 2.21. The normalized spacial score (nSPS) is 14.5. The molecule has 1 aromatic heterocycles. The molecule has 1 amide bonds. The number of carbonyl (C=O) groups is 1. The van der Waals surface area contributed by atoms with E-state index in [2.05, 4.69) is 10.3 Å². The first-order valence-electron chi connectivity index (χ1n) is 6.37. The zero-order valence-corrected chi connectivity index (χ0v) is 10.5. The highest BCUT2D eigenvalue weighted by atomic mass is 16.2. The van der Waals surface area contributed by atoms with Crippen LogP contribution >= 0.6 is 0 Å². The summed E-state index contributed by atoms with van der Waals surface area (Å²) in [4.78, 5) is 18.1. The molecule has 1 aliphatic rings. The number of para-hydroxylation sites is 2. The Labute approximate surface area is 112 Å². The van der Waals surface area contributed by atoms with E-state index in [1.54, 1.807) is 12.4 Å². The molecule has 96 valence electrons. The second-order valence-corrected chi connectivity index (χ2v) is 4.53. The van der Waals surface area contributed by atoms with Crippen molar-refractivity contribution in [2.24, 2.45) is 0 Å². The smallest absolute Gasteiger partial charge is 0.229 e. The summed E-state index contributed by atoms with van der Waals surface area (Å²) in [6.07, 6.45) is 4.02. The van der Waals surface area contributed by atoms with Gasteiger partial charge in [-0.05, 0) is 29.8 Å². The molecule has 0 atom stereocenters.